The van der Waals surface area contributed by atoms with Crippen LogP contribution in [-0.2, 0) is 9.53 Å². The van der Waals surface area contributed by atoms with Crippen LogP contribution < -0.4 is 4.74 Å². The predicted octanol–water partition coefficient (Wildman–Crippen LogP) is 1.82. The van der Waals surface area contributed by atoms with Crippen molar-refractivity contribution in [2.75, 3.05) is 26.8 Å². The van der Waals surface area contributed by atoms with Gasteiger partial charge in [-0.3, -0.25) is 4.79 Å². The van der Waals surface area contributed by atoms with E-state index in [0.717, 1.165) is 12.8 Å². The molecule has 0 radical (unpaired) electrons. The lowest BCUT2D eigenvalue weighted by Gasteiger charge is -2.30. The van der Waals surface area contributed by atoms with Gasteiger partial charge in [-0.25, -0.2) is 4.79 Å². The first-order chi connectivity index (χ1) is 10.5. The summed E-state index contributed by atoms with van der Waals surface area (Å²) < 4.78 is 10.0. The van der Waals surface area contributed by atoms with Gasteiger partial charge in [0.2, 0.25) is 0 Å². The molecule has 2 rings (SSSR count). The van der Waals surface area contributed by atoms with E-state index in [1.807, 2.05) is 0 Å². The average molecular weight is 307 g/mol. The van der Waals surface area contributed by atoms with E-state index in [4.69, 9.17) is 9.47 Å². The number of esters is 1. The fourth-order valence-corrected chi connectivity index (χ4v) is 2.36. The molecule has 1 fully saturated rings. The summed E-state index contributed by atoms with van der Waals surface area (Å²) in [6, 6.07) is 4.26. The molecule has 0 atom stereocenters. The molecule has 1 aliphatic heterocycles. The van der Waals surface area contributed by atoms with Gasteiger partial charge in [-0.1, -0.05) is 6.92 Å². The van der Waals surface area contributed by atoms with Crippen LogP contribution in [-0.4, -0.2) is 48.7 Å². The normalized spacial score (nSPS) is 15.5. The lowest BCUT2D eigenvalue weighted by atomic mass is 9.99. The third kappa shape index (κ3) is 3.90. The van der Waals surface area contributed by atoms with Crippen molar-refractivity contribution in [3.8, 4) is 11.5 Å². The fraction of sp³-hybridized carbons (Fsp3) is 0.500. The second-order valence-electron chi connectivity index (χ2n) is 5.52. The largest absolute Gasteiger partial charge is 0.507 e. The minimum atomic E-state index is -0.741. The van der Waals surface area contributed by atoms with Crippen molar-refractivity contribution in [1.82, 2.24) is 4.90 Å². The van der Waals surface area contributed by atoms with Gasteiger partial charge in [-0.2, -0.15) is 0 Å². The number of piperidine rings is 1. The predicted molar refractivity (Wildman–Crippen MR) is 79.9 cm³/mol. The monoisotopic (exact) mass is 307 g/mol. The highest BCUT2D eigenvalue weighted by Crippen LogP contribution is 2.23. The first kappa shape index (κ1) is 16.1. The molecule has 0 aliphatic carbocycles. The molecule has 0 unspecified atom stereocenters. The smallest absolute Gasteiger partial charge is 0.342 e. The first-order valence-electron chi connectivity index (χ1n) is 7.33. The topological polar surface area (TPSA) is 76.1 Å². The molecule has 1 saturated heterocycles. The van der Waals surface area contributed by atoms with Crippen LogP contribution in [0.2, 0.25) is 0 Å². The number of rotatable bonds is 4. The molecular weight excluding hydrogens is 286 g/mol. The lowest BCUT2D eigenvalue weighted by Crippen LogP contribution is -2.40. The van der Waals surface area contributed by atoms with Crippen LogP contribution >= 0.6 is 0 Å². The number of likely N-dealkylation sites (tertiary alicyclic amines) is 1. The molecule has 6 nitrogen and oxygen atoms in total. The van der Waals surface area contributed by atoms with Crippen LogP contribution in [0.4, 0.5) is 0 Å². The standard InChI is InChI=1S/C16H21NO5/c1-11-5-7-17(8-6-11)15(19)10-22-16(20)13-9-12(21-2)3-4-14(13)18/h3-4,9,11,18H,5-8,10H2,1-2H3. The third-order valence-electron chi connectivity index (χ3n) is 3.89. The summed E-state index contributed by atoms with van der Waals surface area (Å²) >= 11 is 0. The molecule has 6 heteroatoms. The Morgan fingerprint density at radius 1 is 1.32 bits per heavy atom. The van der Waals surface area contributed by atoms with Crippen LogP contribution in [0.1, 0.15) is 30.1 Å². The van der Waals surface area contributed by atoms with Gasteiger partial charge in [0.15, 0.2) is 6.61 Å². The van der Waals surface area contributed by atoms with E-state index >= 15 is 0 Å². The minimum absolute atomic E-state index is 0.0144. The van der Waals surface area contributed by atoms with Crippen molar-refractivity contribution in [3.05, 3.63) is 23.8 Å². The molecule has 1 aromatic carbocycles. The van der Waals surface area contributed by atoms with E-state index in [0.29, 0.717) is 24.8 Å². The summed E-state index contributed by atoms with van der Waals surface area (Å²) in [7, 11) is 1.46. The number of carbonyl (C=O) groups excluding carboxylic acids is 2. The van der Waals surface area contributed by atoms with Gasteiger partial charge >= 0.3 is 5.97 Å². The Hall–Kier alpha value is -2.24. The fourth-order valence-electron chi connectivity index (χ4n) is 2.36. The highest BCUT2D eigenvalue weighted by atomic mass is 16.5. The molecule has 0 bridgehead atoms. The van der Waals surface area contributed by atoms with Gasteiger partial charge in [0.25, 0.3) is 5.91 Å². The van der Waals surface area contributed by atoms with E-state index in [-0.39, 0.29) is 23.8 Å². The SMILES string of the molecule is COc1ccc(O)c(C(=O)OCC(=O)N2CCC(C)CC2)c1. The van der Waals surface area contributed by atoms with Crippen LogP contribution in [0.3, 0.4) is 0 Å². The van der Waals surface area contributed by atoms with Crippen LogP contribution in [0.5, 0.6) is 11.5 Å². The van der Waals surface area contributed by atoms with Gasteiger partial charge in [0, 0.05) is 13.1 Å². The van der Waals surface area contributed by atoms with Crippen molar-refractivity contribution in [2.45, 2.75) is 19.8 Å². The quantitative estimate of drug-likeness (QED) is 0.859. The number of ether oxygens (including phenoxy) is 2. The number of hydrogen-bond donors (Lipinski definition) is 1. The highest BCUT2D eigenvalue weighted by Gasteiger charge is 2.22. The Labute approximate surface area is 129 Å². The molecule has 22 heavy (non-hydrogen) atoms. The first-order valence-corrected chi connectivity index (χ1v) is 7.33. The number of phenolic OH excluding ortho intramolecular Hbond substituents is 1. The molecule has 1 amide bonds. The highest BCUT2D eigenvalue weighted by molar-refractivity contribution is 5.94. The van der Waals surface area contributed by atoms with Crippen molar-refractivity contribution < 1.29 is 24.2 Å². The number of amides is 1. The number of hydrogen-bond acceptors (Lipinski definition) is 5. The second-order valence-corrected chi connectivity index (χ2v) is 5.52. The number of aromatic hydroxyl groups is 1. The molecular formula is C16H21NO5. The zero-order valence-corrected chi connectivity index (χ0v) is 12.9. The molecule has 120 valence electrons. The average Bonchev–Trinajstić information content (AvgIpc) is 2.53. The summed E-state index contributed by atoms with van der Waals surface area (Å²) in [5.41, 5.74) is -0.0144. The molecule has 0 saturated carbocycles. The van der Waals surface area contributed by atoms with Crippen LogP contribution in [0.25, 0.3) is 0 Å². The minimum Gasteiger partial charge on any atom is -0.507 e. The zero-order chi connectivity index (χ0) is 16.1. The van der Waals surface area contributed by atoms with Crippen molar-refractivity contribution in [1.29, 1.82) is 0 Å². The Kier molecular flexibility index (Phi) is 5.25. The maximum atomic E-state index is 12.0. The van der Waals surface area contributed by atoms with Gasteiger partial charge in [0.1, 0.15) is 17.1 Å². The number of benzene rings is 1. The Balaban J connectivity index is 1.91. The molecule has 1 heterocycles. The van der Waals surface area contributed by atoms with E-state index < -0.39 is 5.97 Å². The van der Waals surface area contributed by atoms with E-state index in [2.05, 4.69) is 6.92 Å². The van der Waals surface area contributed by atoms with Gasteiger partial charge in [0.05, 0.1) is 7.11 Å². The Morgan fingerprint density at radius 3 is 2.64 bits per heavy atom. The number of nitrogens with zero attached hydrogens (tertiary/aromatic N) is 1. The summed E-state index contributed by atoms with van der Waals surface area (Å²) in [6.07, 6.45) is 1.94. The van der Waals surface area contributed by atoms with E-state index in [1.165, 1.54) is 25.3 Å². The number of methoxy groups -OCH3 is 1. The third-order valence-corrected chi connectivity index (χ3v) is 3.89. The Morgan fingerprint density at radius 2 is 2.00 bits per heavy atom. The summed E-state index contributed by atoms with van der Waals surface area (Å²) in [6.45, 7) is 3.24. The summed E-state index contributed by atoms with van der Waals surface area (Å²) in [4.78, 5) is 25.7. The maximum Gasteiger partial charge on any atom is 0.342 e. The van der Waals surface area contributed by atoms with Crippen molar-refractivity contribution in [3.63, 3.8) is 0 Å². The van der Waals surface area contributed by atoms with E-state index in [9.17, 15) is 14.7 Å². The van der Waals surface area contributed by atoms with Crippen LogP contribution in [0, 0.1) is 5.92 Å². The second kappa shape index (κ2) is 7.15. The lowest BCUT2D eigenvalue weighted by molar-refractivity contribution is -0.135. The van der Waals surface area contributed by atoms with Gasteiger partial charge in [-0.05, 0) is 37.0 Å². The number of phenols is 1. The summed E-state index contributed by atoms with van der Waals surface area (Å²) in [5.74, 6) is -0.0933. The van der Waals surface area contributed by atoms with Gasteiger partial charge < -0.3 is 19.5 Å². The zero-order valence-electron chi connectivity index (χ0n) is 12.9. The molecule has 1 aromatic rings. The molecule has 0 spiro atoms. The number of carbonyl (C=O) groups is 2. The van der Waals surface area contributed by atoms with Crippen LogP contribution in [0.15, 0.2) is 18.2 Å². The maximum absolute atomic E-state index is 12.0. The molecule has 1 aliphatic rings. The summed E-state index contributed by atoms with van der Waals surface area (Å²) in [5, 5.41) is 9.69. The molecule has 1 N–H and O–H groups in total. The molecule has 0 aromatic heterocycles. The van der Waals surface area contributed by atoms with Crippen molar-refractivity contribution >= 4 is 11.9 Å². The van der Waals surface area contributed by atoms with Gasteiger partial charge in [-0.15, -0.1) is 0 Å². The van der Waals surface area contributed by atoms with Crippen molar-refractivity contribution in [2.24, 2.45) is 5.92 Å². The van der Waals surface area contributed by atoms with E-state index in [1.54, 1.807) is 4.90 Å². The Bertz CT molecular complexity index is 549.